The highest BCUT2D eigenvalue weighted by Gasteiger charge is 2.37. The monoisotopic (exact) mass is 438 g/mol. The zero-order valence-corrected chi connectivity index (χ0v) is 17.9. The molecule has 0 radical (unpaired) electrons. The summed E-state index contributed by atoms with van der Waals surface area (Å²) in [4.78, 5) is 31.1. The van der Waals surface area contributed by atoms with E-state index in [0.29, 0.717) is 35.7 Å². The Morgan fingerprint density at radius 3 is 2.50 bits per heavy atom. The van der Waals surface area contributed by atoms with Crippen molar-refractivity contribution in [2.75, 3.05) is 16.8 Å². The third-order valence-electron chi connectivity index (χ3n) is 4.99. The molecule has 1 aliphatic rings. The van der Waals surface area contributed by atoms with Gasteiger partial charge in [-0.2, -0.15) is 4.98 Å². The van der Waals surface area contributed by atoms with Crippen LogP contribution < -0.4 is 15.0 Å². The first-order chi connectivity index (χ1) is 15.4. The predicted molar refractivity (Wildman–Crippen MR) is 115 cm³/mol. The van der Waals surface area contributed by atoms with Crippen LogP contribution in [0.1, 0.15) is 32.6 Å². The molecule has 1 fully saturated rings. The number of amides is 1. The molecule has 0 spiro atoms. The minimum absolute atomic E-state index is 0.0836. The van der Waals surface area contributed by atoms with Gasteiger partial charge in [0.05, 0.1) is 24.5 Å². The van der Waals surface area contributed by atoms with Gasteiger partial charge in [0.25, 0.3) is 0 Å². The van der Waals surface area contributed by atoms with Crippen LogP contribution in [0.5, 0.6) is 11.5 Å². The van der Waals surface area contributed by atoms with Crippen molar-refractivity contribution in [1.29, 1.82) is 0 Å². The maximum absolute atomic E-state index is 13.0. The number of carbonyl (C=O) groups excluding carboxylic acids is 1. The highest BCUT2D eigenvalue weighted by atomic mass is 19.1. The predicted octanol–water partition coefficient (Wildman–Crippen LogP) is 4.35. The number of hydrogen-bond donors (Lipinski definition) is 1. The molecule has 10 heteroatoms. The van der Waals surface area contributed by atoms with Gasteiger partial charge < -0.3 is 14.8 Å². The smallest absolute Gasteiger partial charge is 0.415 e. The van der Waals surface area contributed by atoms with Crippen molar-refractivity contribution in [1.82, 2.24) is 19.9 Å². The molecule has 0 bridgehead atoms. The molecule has 3 heterocycles. The maximum atomic E-state index is 13.0. The fourth-order valence-electron chi connectivity index (χ4n) is 3.24. The summed E-state index contributed by atoms with van der Waals surface area (Å²) in [6.07, 6.45) is 4.24. The highest BCUT2D eigenvalue weighted by Crippen LogP contribution is 2.27. The Kier molecular flexibility index (Phi) is 6.11. The van der Waals surface area contributed by atoms with Crippen molar-refractivity contribution in [3.05, 3.63) is 60.6 Å². The minimum atomic E-state index is -0.415. The lowest BCUT2D eigenvalue weighted by molar-refractivity contribution is 0.177. The molecule has 0 aliphatic carbocycles. The summed E-state index contributed by atoms with van der Waals surface area (Å²) < 4.78 is 23.8. The first kappa shape index (κ1) is 21.4. The quantitative estimate of drug-likeness (QED) is 0.581. The molecule has 4 rings (SSSR count). The SMILES string of the molecule is CC(C)C1COC(=O)N1c1ccnc(N[C@@H](C)c2ncc(Oc3ccc(F)cc3)cn2)n1. The molecular weight excluding hydrogens is 415 g/mol. The molecule has 1 amide bonds. The number of hydrogen-bond acceptors (Lipinski definition) is 8. The fraction of sp³-hybridized carbons (Fsp3) is 0.318. The van der Waals surface area contributed by atoms with Gasteiger partial charge in [-0.25, -0.2) is 24.1 Å². The zero-order chi connectivity index (χ0) is 22.7. The first-order valence-electron chi connectivity index (χ1n) is 10.2. The van der Waals surface area contributed by atoms with E-state index in [-0.39, 0.29) is 23.8 Å². The van der Waals surface area contributed by atoms with E-state index in [9.17, 15) is 9.18 Å². The summed E-state index contributed by atoms with van der Waals surface area (Å²) in [6.45, 7) is 6.26. The number of nitrogens with zero attached hydrogens (tertiary/aromatic N) is 5. The van der Waals surface area contributed by atoms with Gasteiger partial charge >= 0.3 is 6.09 Å². The van der Waals surface area contributed by atoms with Gasteiger partial charge in [-0.1, -0.05) is 13.8 Å². The second-order valence-corrected chi connectivity index (χ2v) is 7.70. The van der Waals surface area contributed by atoms with Crippen molar-refractivity contribution in [3.8, 4) is 11.5 Å². The van der Waals surface area contributed by atoms with E-state index in [1.807, 2.05) is 20.8 Å². The Bertz CT molecular complexity index is 1080. The van der Waals surface area contributed by atoms with Gasteiger partial charge in [0.15, 0.2) is 11.6 Å². The summed E-state index contributed by atoms with van der Waals surface area (Å²) >= 11 is 0. The molecule has 9 nitrogen and oxygen atoms in total. The van der Waals surface area contributed by atoms with Crippen LogP contribution in [0.25, 0.3) is 0 Å². The Balaban J connectivity index is 1.43. The van der Waals surface area contributed by atoms with Crippen LogP contribution in [0, 0.1) is 11.7 Å². The Morgan fingerprint density at radius 1 is 1.09 bits per heavy atom. The molecule has 1 N–H and O–H groups in total. The molecule has 1 aliphatic heterocycles. The Morgan fingerprint density at radius 2 is 1.81 bits per heavy atom. The lowest BCUT2D eigenvalue weighted by Gasteiger charge is -2.23. The third-order valence-corrected chi connectivity index (χ3v) is 4.99. The molecule has 2 aromatic heterocycles. The molecule has 0 saturated carbocycles. The molecule has 1 saturated heterocycles. The van der Waals surface area contributed by atoms with E-state index >= 15 is 0 Å². The normalized spacial score (nSPS) is 16.7. The van der Waals surface area contributed by atoms with Gasteiger partial charge in [0.2, 0.25) is 5.95 Å². The van der Waals surface area contributed by atoms with Crippen molar-refractivity contribution in [2.24, 2.45) is 5.92 Å². The summed E-state index contributed by atoms with van der Waals surface area (Å²) in [5.41, 5.74) is 0. The second kappa shape index (κ2) is 9.13. The standard InChI is InChI=1S/C22H23FN6O3/c1-13(2)18-12-31-22(30)29(18)19-8-9-24-21(28-19)27-14(3)20-25-10-17(11-26-20)32-16-6-4-15(23)5-7-16/h4-11,13-14,18H,12H2,1-3H3,(H,24,27,28)/t14-,18?/m0/s1. The molecule has 1 unspecified atom stereocenters. The van der Waals surface area contributed by atoms with Crippen LogP contribution in [-0.4, -0.2) is 38.7 Å². The number of rotatable bonds is 7. The van der Waals surface area contributed by atoms with Crippen LogP contribution in [0.2, 0.25) is 0 Å². The lowest BCUT2D eigenvalue weighted by atomic mass is 10.0. The number of cyclic esters (lactones) is 1. The van der Waals surface area contributed by atoms with Crippen molar-refractivity contribution in [3.63, 3.8) is 0 Å². The van der Waals surface area contributed by atoms with Crippen molar-refractivity contribution < 1.29 is 18.7 Å². The number of halogens is 1. The third kappa shape index (κ3) is 4.74. The largest absolute Gasteiger partial charge is 0.454 e. The highest BCUT2D eigenvalue weighted by molar-refractivity contribution is 5.89. The van der Waals surface area contributed by atoms with Gasteiger partial charge in [0.1, 0.15) is 24.0 Å². The number of anilines is 2. The number of nitrogens with one attached hydrogen (secondary N) is 1. The number of ether oxygens (including phenoxy) is 2. The summed E-state index contributed by atoms with van der Waals surface area (Å²) in [7, 11) is 0. The van der Waals surface area contributed by atoms with Crippen molar-refractivity contribution >= 4 is 17.9 Å². The minimum Gasteiger partial charge on any atom is -0.454 e. The van der Waals surface area contributed by atoms with Crippen LogP contribution >= 0.6 is 0 Å². The molecule has 1 aromatic carbocycles. The summed E-state index contributed by atoms with van der Waals surface area (Å²) in [5, 5.41) is 3.15. The topological polar surface area (TPSA) is 102 Å². The molecule has 2 atom stereocenters. The van der Waals surface area contributed by atoms with E-state index in [1.54, 1.807) is 17.2 Å². The summed E-state index contributed by atoms with van der Waals surface area (Å²) in [5.74, 6) is 2.11. The molecule has 32 heavy (non-hydrogen) atoms. The average Bonchev–Trinajstić information content (AvgIpc) is 3.18. The van der Waals surface area contributed by atoms with Gasteiger partial charge in [-0.3, -0.25) is 4.90 Å². The van der Waals surface area contributed by atoms with Crippen LogP contribution in [0.4, 0.5) is 21.0 Å². The Labute approximate surface area is 184 Å². The van der Waals surface area contributed by atoms with E-state index in [2.05, 4.69) is 25.3 Å². The number of aromatic nitrogens is 4. The average molecular weight is 438 g/mol. The van der Waals surface area contributed by atoms with Gasteiger partial charge in [-0.15, -0.1) is 0 Å². The van der Waals surface area contributed by atoms with Gasteiger partial charge in [0, 0.05) is 6.20 Å². The van der Waals surface area contributed by atoms with E-state index in [0.717, 1.165) is 0 Å². The summed E-state index contributed by atoms with van der Waals surface area (Å²) in [6, 6.07) is 6.97. The Hall–Kier alpha value is -3.82. The number of carbonyl (C=O) groups is 1. The lowest BCUT2D eigenvalue weighted by Crippen LogP contribution is -2.37. The van der Waals surface area contributed by atoms with Gasteiger partial charge in [-0.05, 0) is 43.2 Å². The molecule has 166 valence electrons. The van der Waals surface area contributed by atoms with E-state index < -0.39 is 6.09 Å². The van der Waals surface area contributed by atoms with Crippen LogP contribution in [0.3, 0.4) is 0 Å². The fourth-order valence-corrected chi connectivity index (χ4v) is 3.24. The zero-order valence-electron chi connectivity index (χ0n) is 17.9. The van der Waals surface area contributed by atoms with E-state index in [4.69, 9.17) is 9.47 Å². The first-order valence-corrected chi connectivity index (χ1v) is 10.2. The number of benzene rings is 1. The maximum Gasteiger partial charge on any atom is 0.415 e. The van der Waals surface area contributed by atoms with E-state index in [1.165, 1.54) is 36.7 Å². The molecule has 3 aromatic rings. The second-order valence-electron chi connectivity index (χ2n) is 7.70. The van der Waals surface area contributed by atoms with Crippen molar-refractivity contribution in [2.45, 2.75) is 32.9 Å². The van der Waals surface area contributed by atoms with Crippen LogP contribution in [-0.2, 0) is 4.74 Å². The van der Waals surface area contributed by atoms with Crippen LogP contribution in [0.15, 0.2) is 48.9 Å². The molecular formula is C22H23FN6O3.